The van der Waals surface area contributed by atoms with E-state index in [1.165, 1.54) is 0 Å². The fraction of sp³-hybridized carbons (Fsp3) is 0.857. The van der Waals surface area contributed by atoms with Crippen molar-refractivity contribution in [2.24, 2.45) is 5.73 Å². The fourth-order valence-electron chi connectivity index (χ4n) is 0.647. The smallest absolute Gasteiger partial charge is 0.232 e. The largest absolute Gasteiger partial charge is 0.378 e. The molecule has 14 heavy (non-hydrogen) atoms. The van der Waals surface area contributed by atoms with Crippen LogP contribution in [0.4, 0.5) is 0 Å². The normalized spacial score (nSPS) is 11.9. The fourth-order valence-corrected chi connectivity index (χ4v) is 1.47. The highest BCUT2D eigenvalue weighted by Crippen LogP contribution is 1.90. The number of ether oxygens (including phenoxy) is 1. The Hall–Kier alpha value is -0.660. The maximum atomic E-state index is 11.1. The van der Waals surface area contributed by atoms with Crippen LogP contribution in [0.1, 0.15) is 13.8 Å². The summed E-state index contributed by atoms with van der Waals surface area (Å²) < 4.78 is 29.3. The molecule has 7 heteroatoms. The second kappa shape index (κ2) is 5.94. The number of amides is 1. The lowest BCUT2D eigenvalue weighted by molar-refractivity contribution is -0.116. The molecule has 6 nitrogen and oxygen atoms in total. The number of sulfonamides is 1. The third-order valence-electron chi connectivity index (χ3n) is 1.27. The van der Waals surface area contributed by atoms with Gasteiger partial charge in [0.25, 0.3) is 0 Å². The number of hydrogen-bond donors (Lipinski definition) is 2. The van der Waals surface area contributed by atoms with Crippen LogP contribution in [0, 0.1) is 0 Å². The van der Waals surface area contributed by atoms with E-state index in [9.17, 15) is 13.2 Å². The lowest BCUT2D eigenvalue weighted by Gasteiger charge is -2.08. The third kappa shape index (κ3) is 7.96. The monoisotopic (exact) mass is 224 g/mol. The molecule has 1 amide bonds. The number of hydrogen-bond acceptors (Lipinski definition) is 4. The molecular formula is C7H16N2O4S. The Morgan fingerprint density at radius 1 is 1.50 bits per heavy atom. The van der Waals surface area contributed by atoms with E-state index >= 15 is 0 Å². The number of carbonyl (C=O) groups is 1. The molecule has 0 spiro atoms. The summed E-state index contributed by atoms with van der Waals surface area (Å²) in [6, 6.07) is 0. The first kappa shape index (κ1) is 13.3. The van der Waals surface area contributed by atoms with Crippen LogP contribution in [0.25, 0.3) is 0 Å². The van der Waals surface area contributed by atoms with Crippen molar-refractivity contribution in [1.29, 1.82) is 0 Å². The van der Waals surface area contributed by atoms with Crippen LogP contribution in [-0.4, -0.2) is 39.3 Å². The highest BCUT2D eigenvalue weighted by molar-refractivity contribution is 7.89. The molecule has 0 aliphatic heterocycles. The van der Waals surface area contributed by atoms with E-state index in [1.807, 2.05) is 18.6 Å². The second-order valence-corrected chi connectivity index (χ2v) is 4.95. The number of nitrogens with two attached hydrogens (primary N) is 1. The van der Waals surface area contributed by atoms with Gasteiger partial charge < -0.3 is 10.5 Å². The Balaban J connectivity index is 3.79. The van der Waals surface area contributed by atoms with Crippen molar-refractivity contribution in [2.75, 3.05) is 18.9 Å². The van der Waals surface area contributed by atoms with E-state index < -0.39 is 15.9 Å². The molecule has 0 aliphatic rings. The minimum absolute atomic E-state index is 0.0126. The van der Waals surface area contributed by atoms with Gasteiger partial charge in [-0.05, 0) is 13.8 Å². The van der Waals surface area contributed by atoms with E-state index in [0.29, 0.717) is 0 Å². The van der Waals surface area contributed by atoms with Crippen LogP contribution >= 0.6 is 0 Å². The van der Waals surface area contributed by atoms with Crippen LogP contribution in [-0.2, 0) is 19.6 Å². The van der Waals surface area contributed by atoms with Gasteiger partial charge in [-0.15, -0.1) is 0 Å². The summed E-state index contributed by atoms with van der Waals surface area (Å²) in [6.45, 7) is 3.35. The first-order chi connectivity index (χ1) is 6.33. The SMILES string of the molecule is CC(C)OCCS(=O)(=O)NCC(N)=O. The van der Waals surface area contributed by atoms with Gasteiger partial charge in [-0.25, -0.2) is 13.1 Å². The Bertz CT molecular complexity index is 273. The molecule has 0 saturated heterocycles. The zero-order chi connectivity index (χ0) is 11.2. The van der Waals surface area contributed by atoms with Gasteiger partial charge in [-0.2, -0.15) is 0 Å². The van der Waals surface area contributed by atoms with Crippen molar-refractivity contribution in [2.45, 2.75) is 20.0 Å². The van der Waals surface area contributed by atoms with E-state index in [4.69, 9.17) is 10.5 Å². The van der Waals surface area contributed by atoms with Crippen molar-refractivity contribution in [3.8, 4) is 0 Å². The van der Waals surface area contributed by atoms with Gasteiger partial charge in [0.05, 0.1) is 25.0 Å². The van der Waals surface area contributed by atoms with Crippen molar-refractivity contribution < 1.29 is 17.9 Å². The molecule has 0 unspecified atom stereocenters. The summed E-state index contributed by atoms with van der Waals surface area (Å²) in [4.78, 5) is 10.3. The molecule has 0 bridgehead atoms. The van der Waals surface area contributed by atoms with Gasteiger partial charge in [0, 0.05) is 0 Å². The van der Waals surface area contributed by atoms with E-state index in [1.54, 1.807) is 0 Å². The van der Waals surface area contributed by atoms with Gasteiger partial charge in [-0.1, -0.05) is 0 Å². The number of rotatable bonds is 7. The van der Waals surface area contributed by atoms with E-state index in [2.05, 4.69) is 0 Å². The zero-order valence-corrected chi connectivity index (χ0v) is 9.13. The highest BCUT2D eigenvalue weighted by atomic mass is 32.2. The Morgan fingerprint density at radius 2 is 2.07 bits per heavy atom. The molecule has 0 saturated carbocycles. The summed E-state index contributed by atoms with van der Waals surface area (Å²) in [6.07, 6.45) is -0.0126. The molecular weight excluding hydrogens is 208 g/mol. The first-order valence-corrected chi connectivity index (χ1v) is 5.86. The van der Waals surface area contributed by atoms with Crippen LogP contribution in [0.2, 0.25) is 0 Å². The molecule has 3 N–H and O–H groups in total. The molecule has 0 aliphatic carbocycles. The minimum Gasteiger partial charge on any atom is -0.378 e. The van der Waals surface area contributed by atoms with Crippen molar-refractivity contribution >= 4 is 15.9 Å². The average molecular weight is 224 g/mol. The Kier molecular flexibility index (Phi) is 5.66. The Labute approximate surface area is 83.9 Å². The summed E-state index contributed by atoms with van der Waals surface area (Å²) in [5, 5.41) is 0. The number of carbonyl (C=O) groups excluding carboxylic acids is 1. The first-order valence-electron chi connectivity index (χ1n) is 4.21. The molecule has 0 aromatic heterocycles. The van der Waals surface area contributed by atoms with Gasteiger partial charge in [0.1, 0.15) is 0 Å². The third-order valence-corrected chi connectivity index (χ3v) is 2.56. The van der Waals surface area contributed by atoms with Crippen LogP contribution in [0.5, 0.6) is 0 Å². The van der Waals surface area contributed by atoms with Crippen LogP contribution < -0.4 is 10.5 Å². The molecule has 0 atom stereocenters. The lowest BCUT2D eigenvalue weighted by atomic mass is 10.5. The van der Waals surface area contributed by atoms with Gasteiger partial charge in [-0.3, -0.25) is 4.79 Å². The van der Waals surface area contributed by atoms with Crippen LogP contribution in [0.3, 0.4) is 0 Å². The second-order valence-electron chi connectivity index (χ2n) is 3.03. The molecule has 0 fully saturated rings. The summed E-state index contributed by atoms with van der Waals surface area (Å²) in [7, 11) is -3.45. The average Bonchev–Trinajstić information content (AvgIpc) is 2.00. The number of nitrogens with one attached hydrogen (secondary N) is 1. The van der Waals surface area contributed by atoms with Gasteiger partial charge in [0.15, 0.2) is 0 Å². The minimum atomic E-state index is -3.45. The maximum absolute atomic E-state index is 11.1. The quantitative estimate of drug-likeness (QED) is 0.568. The molecule has 0 aromatic carbocycles. The maximum Gasteiger partial charge on any atom is 0.232 e. The Morgan fingerprint density at radius 3 is 2.50 bits per heavy atom. The van der Waals surface area contributed by atoms with Crippen molar-refractivity contribution in [1.82, 2.24) is 4.72 Å². The lowest BCUT2D eigenvalue weighted by Crippen LogP contribution is -2.35. The zero-order valence-electron chi connectivity index (χ0n) is 8.32. The highest BCUT2D eigenvalue weighted by Gasteiger charge is 2.10. The summed E-state index contributed by atoms with van der Waals surface area (Å²) in [5.41, 5.74) is 4.78. The molecule has 84 valence electrons. The molecule has 0 radical (unpaired) electrons. The predicted molar refractivity (Wildman–Crippen MR) is 52.1 cm³/mol. The summed E-state index contributed by atoms with van der Waals surface area (Å²) >= 11 is 0. The van der Waals surface area contributed by atoms with Crippen molar-refractivity contribution in [3.05, 3.63) is 0 Å². The standard InChI is InChI=1S/C7H16N2O4S/c1-6(2)13-3-4-14(11,12)9-5-7(8)10/h6,9H,3-5H2,1-2H3,(H2,8,10). The predicted octanol–water partition coefficient (Wildman–Crippen LogP) is -1.18. The molecule has 0 aromatic rings. The molecule has 0 rings (SSSR count). The van der Waals surface area contributed by atoms with Crippen molar-refractivity contribution in [3.63, 3.8) is 0 Å². The van der Waals surface area contributed by atoms with Gasteiger partial charge in [0.2, 0.25) is 15.9 Å². The summed E-state index contributed by atoms with van der Waals surface area (Å²) in [5.74, 6) is -0.878. The van der Waals surface area contributed by atoms with Crippen LogP contribution in [0.15, 0.2) is 0 Å². The van der Waals surface area contributed by atoms with E-state index in [-0.39, 0.29) is 25.0 Å². The molecule has 0 heterocycles. The number of primary amides is 1. The van der Waals surface area contributed by atoms with E-state index in [0.717, 1.165) is 0 Å². The topological polar surface area (TPSA) is 98.5 Å². The van der Waals surface area contributed by atoms with Gasteiger partial charge >= 0.3 is 0 Å².